The lowest BCUT2D eigenvalue weighted by atomic mass is 10.1. The van der Waals surface area contributed by atoms with E-state index in [1.165, 1.54) is 17.0 Å². The molecule has 1 N–H and O–H groups in total. The van der Waals surface area contributed by atoms with Gasteiger partial charge in [0.2, 0.25) is 0 Å². The van der Waals surface area contributed by atoms with Gasteiger partial charge in [0, 0.05) is 22.8 Å². The van der Waals surface area contributed by atoms with Crippen molar-refractivity contribution in [1.29, 1.82) is 0 Å². The zero-order valence-electron chi connectivity index (χ0n) is 15.3. The van der Waals surface area contributed by atoms with Crippen molar-refractivity contribution >= 4 is 39.5 Å². The lowest BCUT2D eigenvalue weighted by Crippen LogP contribution is -2.31. The number of imide groups is 1. The molecule has 0 atom stereocenters. The molecule has 7 heteroatoms. The van der Waals surface area contributed by atoms with Gasteiger partial charge >= 0.3 is 0 Å². The number of anilines is 1. The van der Waals surface area contributed by atoms with E-state index in [0.29, 0.717) is 29.9 Å². The molecule has 1 aromatic heterocycles. The van der Waals surface area contributed by atoms with Crippen molar-refractivity contribution in [2.75, 3.05) is 11.9 Å². The molecule has 6 nitrogen and oxygen atoms in total. The minimum absolute atomic E-state index is 0.250. The first kappa shape index (κ1) is 19.0. The summed E-state index contributed by atoms with van der Waals surface area (Å²) in [5.74, 6) is -0.712. The Hall–Kier alpha value is -3.32. The smallest absolute Gasteiger partial charge is 0.261 e. The number of aromatic nitrogens is 1. The van der Waals surface area contributed by atoms with Crippen molar-refractivity contribution < 1.29 is 14.4 Å². The molecule has 2 aromatic carbocycles. The van der Waals surface area contributed by atoms with Crippen LogP contribution in [0.2, 0.25) is 0 Å². The van der Waals surface area contributed by atoms with Gasteiger partial charge in [-0.15, -0.1) is 0 Å². The molecule has 144 valence electrons. The molecule has 1 aliphatic heterocycles. The van der Waals surface area contributed by atoms with E-state index in [1.807, 2.05) is 30.3 Å². The van der Waals surface area contributed by atoms with Gasteiger partial charge in [0.1, 0.15) is 5.82 Å². The third kappa shape index (κ3) is 3.95. The van der Waals surface area contributed by atoms with Gasteiger partial charge < -0.3 is 5.32 Å². The molecular formula is C22H16BrN3O3. The van der Waals surface area contributed by atoms with E-state index in [1.54, 1.807) is 24.4 Å². The van der Waals surface area contributed by atoms with Crippen LogP contribution in [0, 0.1) is 0 Å². The highest BCUT2D eigenvalue weighted by Gasteiger charge is 2.35. The first-order valence-electron chi connectivity index (χ1n) is 9.00. The van der Waals surface area contributed by atoms with Crippen LogP contribution in [0.4, 0.5) is 5.82 Å². The van der Waals surface area contributed by atoms with Crippen LogP contribution < -0.4 is 5.32 Å². The number of hydrogen-bond acceptors (Lipinski definition) is 4. The zero-order valence-corrected chi connectivity index (χ0v) is 16.8. The fourth-order valence-corrected chi connectivity index (χ4v) is 3.39. The Labute approximate surface area is 175 Å². The van der Waals surface area contributed by atoms with Gasteiger partial charge in [-0.2, -0.15) is 0 Å². The van der Waals surface area contributed by atoms with Crippen molar-refractivity contribution in [3.63, 3.8) is 0 Å². The standard InChI is InChI=1S/C22H16BrN3O3/c23-16-7-9-19(24-13-16)25-20(27)15-6-8-17-18(12-15)22(29)26(21(17)28)11-10-14-4-2-1-3-5-14/h1-9,12-13H,10-11H2,(H,24,25,27). The topological polar surface area (TPSA) is 79.4 Å². The molecule has 0 spiro atoms. The van der Waals surface area contributed by atoms with Crippen LogP contribution >= 0.6 is 15.9 Å². The van der Waals surface area contributed by atoms with Crippen molar-refractivity contribution in [2.24, 2.45) is 0 Å². The van der Waals surface area contributed by atoms with Crippen molar-refractivity contribution in [1.82, 2.24) is 9.88 Å². The summed E-state index contributed by atoms with van der Waals surface area (Å²) in [7, 11) is 0. The highest BCUT2D eigenvalue weighted by Crippen LogP contribution is 2.25. The highest BCUT2D eigenvalue weighted by molar-refractivity contribution is 9.10. The third-order valence-corrected chi connectivity index (χ3v) is 5.14. The molecule has 0 fully saturated rings. The van der Waals surface area contributed by atoms with Crippen LogP contribution in [0.15, 0.2) is 71.3 Å². The van der Waals surface area contributed by atoms with Crippen molar-refractivity contribution in [2.45, 2.75) is 6.42 Å². The molecule has 0 saturated heterocycles. The van der Waals surface area contributed by atoms with Gasteiger partial charge in [0.05, 0.1) is 11.1 Å². The average molecular weight is 450 g/mol. The number of nitrogens with one attached hydrogen (secondary N) is 1. The van der Waals surface area contributed by atoms with Crippen LogP contribution in [-0.2, 0) is 6.42 Å². The molecule has 3 amide bonds. The van der Waals surface area contributed by atoms with Gasteiger partial charge in [-0.3, -0.25) is 19.3 Å². The Bertz CT molecular complexity index is 1100. The molecule has 0 bridgehead atoms. The number of carbonyl (C=O) groups excluding carboxylic acids is 3. The summed E-state index contributed by atoms with van der Waals surface area (Å²) in [5.41, 5.74) is 1.91. The fraction of sp³-hybridized carbons (Fsp3) is 0.0909. The molecule has 2 heterocycles. The number of amides is 3. The summed E-state index contributed by atoms with van der Waals surface area (Å²) in [5, 5.41) is 2.68. The number of benzene rings is 2. The molecule has 0 saturated carbocycles. The number of rotatable bonds is 5. The Morgan fingerprint density at radius 3 is 2.45 bits per heavy atom. The molecule has 29 heavy (non-hydrogen) atoms. The summed E-state index contributed by atoms with van der Waals surface area (Å²) >= 11 is 3.29. The van der Waals surface area contributed by atoms with Crippen LogP contribution in [0.5, 0.6) is 0 Å². The van der Waals surface area contributed by atoms with E-state index in [-0.39, 0.29) is 17.4 Å². The normalized spacial score (nSPS) is 12.8. The maximum Gasteiger partial charge on any atom is 0.261 e. The van der Waals surface area contributed by atoms with Crippen LogP contribution in [-0.4, -0.2) is 34.2 Å². The summed E-state index contributed by atoms with van der Waals surface area (Å²) in [4.78, 5) is 43.2. The summed E-state index contributed by atoms with van der Waals surface area (Å²) < 4.78 is 0.799. The number of halogens is 1. The molecular weight excluding hydrogens is 434 g/mol. The van der Waals surface area contributed by atoms with E-state index in [0.717, 1.165) is 10.0 Å². The number of nitrogens with zero attached hydrogens (tertiary/aromatic N) is 2. The lowest BCUT2D eigenvalue weighted by Gasteiger charge is -2.13. The third-order valence-electron chi connectivity index (χ3n) is 4.67. The monoisotopic (exact) mass is 449 g/mol. The molecule has 3 aromatic rings. The number of pyridine rings is 1. The zero-order chi connectivity index (χ0) is 20.4. The van der Waals surface area contributed by atoms with Gasteiger partial charge in [-0.05, 0) is 58.2 Å². The fourth-order valence-electron chi connectivity index (χ4n) is 3.16. The van der Waals surface area contributed by atoms with Crippen LogP contribution in [0.25, 0.3) is 0 Å². The molecule has 0 radical (unpaired) electrons. The Morgan fingerprint density at radius 2 is 1.72 bits per heavy atom. The largest absolute Gasteiger partial charge is 0.307 e. The van der Waals surface area contributed by atoms with Gasteiger partial charge in [-0.1, -0.05) is 30.3 Å². The second-order valence-corrected chi connectivity index (χ2v) is 7.49. The first-order chi connectivity index (χ1) is 14.0. The molecule has 0 unspecified atom stereocenters. The maximum absolute atomic E-state index is 12.8. The minimum atomic E-state index is -0.398. The van der Waals surface area contributed by atoms with Gasteiger partial charge in [0.15, 0.2) is 0 Å². The Balaban J connectivity index is 1.50. The van der Waals surface area contributed by atoms with E-state index >= 15 is 0 Å². The minimum Gasteiger partial charge on any atom is -0.307 e. The number of fused-ring (bicyclic) bond motifs is 1. The Morgan fingerprint density at radius 1 is 0.966 bits per heavy atom. The van der Waals surface area contributed by atoms with Crippen molar-refractivity contribution in [3.8, 4) is 0 Å². The van der Waals surface area contributed by atoms with Crippen LogP contribution in [0.1, 0.15) is 36.6 Å². The number of carbonyl (C=O) groups is 3. The molecule has 0 aliphatic carbocycles. The van der Waals surface area contributed by atoms with E-state index < -0.39 is 5.91 Å². The molecule has 1 aliphatic rings. The second-order valence-electron chi connectivity index (χ2n) is 6.57. The predicted molar refractivity (Wildman–Crippen MR) is 112 cm³/mol. The number of hydrogen-bond donors (Lipinski definition) is 1. The van der Waals surface area contributed by atoms with Gasteiger partial charge in [-0.25, -0.2) is 4.98 Å². The quantitative estimate of drug-likeness (QED) is 0.598. The van der Waals surface area contributed by atoms with E-state index in [4.69, 9.17) is 0 Å². The maximum atomic E-state index is 12.8. The highest BCUT2D eigenvalue weighted by atomic mass is 79.9. The summed E-state index contributed by atoms with van der Waals surface area (Å²) in [6, 6.07) is 17.6. The van der Waals surface area contributed by atoms with E-state index in [9.17, 15) is 14.4 Å². The van der Waals surface area contributed by atoms with Crippen molar-refractivity contribution in [3.05, 3.63) is 93.6 Å². The van der Waals surface area contributed by atoms with Crippen LogP contribution in [0.3, 0.4) is 0 Å². The Kier molecular flexibility index (Phi) is 5.22. The summed E-state index contributed by atoms with van der Waals surface area (Å²) in [6.07, 6.45) is 2.15. The SMILES string of the molecule is O=C(Nc1ccc(Br)cn1)c1ccc2c(c1)C(=O)N(CCc1ccccc1)C2=O. The van der Waals surface area contributed by atoms with Gasteiger partial charge in [0.25, 0.3) is 17.7 Å². The first-order valence-corrected chi connectivity index (χ1v) is 9.79. The molecule has 4 rings (SSSR count). The van der Waals surface area contributed by atoms with E-state index in [2.05, 4.69) is 26.2 Å². The predicted octanol–water partition coefficient (Wildman–Crippen LogP) is 3.94. The summed E-state index contributed by atoms with van der Waals surface area (Å²) in [6.45, 7) is 0.292. The average Bonchev–Trinajstić information content (AvgIpc) is 2.98. The lowest BCUT2D eigenvalue weighted by molar-refractivity contribution is 0.0656. The second kappa shape index (κ2) is 7.97.